The Kier molecular flexibility index (Phi) is 5.95. The molecule has 0 N–H and O–H groups in total. The van der Waals surface area contributed by atoms with Gasteiger partial charge < -0.3 is 0 Å². The molecule has 1 aromatic carbocycles. The van der Waals surface area contributed by atoms with Crippen LogP contribution in [0.5, 0.6) is 0 Å². The number of carbonyl (C=O) groups excluding carboxylic acids is 4. The number of halogens is 2. The van der Waals surface area contributed by atoms with E-state index in [1.807, 2.05) is 0 Å². The molecule has 3 amide bonds. The van der Waals surface area contributed by atoms with Gasteiger partial charge in [0.25, 0.3) is 17.7 Å². The van der Waals surface area contributed by atoms with E-state index in [1.165, 1.54) is 29.5 Å². The Bertz CT molecular complexity index is 1000. The lowest BCUT2D eigenvalue weighted by atomic mass is 9.81. The van der Waals surface area contributed by atoms with Gasteiger partial charge >= 0.3 is 0 Å². The van der Waals surface area contributed by atoms with Crippen LogP contribution in [0.25, 0.3) is 0 Å². The van der Waals surface area contributed by atoms with Crippen LogP contribution in [0, 0.1) is 11.8 Å². The first kappa shape index (κ1) is 21.0. The van der Waals surface area contributed by atoms with Gasteiger partial charge in [0.1, 0.15) is 6.54 Å². The van der Waals surface area contributed by atoms with E-state index in [-0.39, 0.29) is 21.4 Å². The number of ketones is 1. The van der Waals surface area contributed by atoms with E-state index in [2.05, 4.69) is 0 Å². The largest absolute Gasteiger partial charge is 0.291 e. The molecule has 4 rings (SSSR count). The van der Waals surface area contributed by atoms with Gasteiger partial charge in [-0.2, -0.15) is 5.01 Å². The quantitative estimate of drug-likeness (QED) is 0.483. The zero-order valence-electron chi connectivity index (χ0n) is 15.8. The second-order valence-electron chi connectivity index (χ2n) is 7.38. The van der Waals surface area contributed by atoms with Crippen LogP contribution in [0.3, 0.4) is 0 Å². The molecule has 0 unspecified atom stereocenters. The number of benzene rings is 1. The van der Waals surface area contributed by atoms with Crippen LogP contribution in [0.15, 0.2) is 35.7 Å². The summed E-state index contributed by atoms with van der Waals surface area (Å²) < 4.78 is 0. The first-order valence-electron chi connectivity index (χ1n) is 9.60. The van der Waals surface area contributed by atoms with E-state index in [0.29, 0.717) is 17.7 Å². The molecule has 1 saturated carbocycles. The molecule has 2 aromatic rings. The Morgan fingerprint density at radius 2 is 1.70 bits per heavy atom. The number of hydrogen-bond donors (Lipinski definition) is 0. The molecule has 1 aliphatic carbocycles. The number of rotatable bonds is 5. The fraction of sp³-hybridized carbons (Fsp3) is 0.333. The van der Waals surface area contributed by atoms with Gasteiger partial charge in [0, 0.05) is 5.56 Å². The molecule has 9 heteroatoms. The predicted molar refractivity (Wildman–Crippen MR) is 113 cm³/mol. The second kappa shape index (κ2) is 8.49. The summed E-state index contributed by atoms with van der Waals surface area (Å²) in [6.07, 6.45) is 2.95. The van der Waals surface area contributed by atoms with Crippen molar-refractivity contribution in [1.82, 2.24) is 10.0 Å². The fourth-order valence-corrected chi connectivity index (χ4v) is 5.00. The Morgan fingerprint density at radius 3 is 2.27 bits per heavy atom. The molecular formula is C21H18Cl2N2O4S. The van der Waals surface area contributed by atoms with Crippen molar-refractivity contribution in [2.75, 3.05) is 6.54 Å². The maximum atomic E-state index is 13.3. The minimum absolute atomic E-state index is 0.138. The highest BCUT2D eigenvalue weighted by Gasteiger charge is 2.51. The molecule has 156 valence electrons. The van der Waals surface area contributed by atoms with Gasteiger partial charge in [0.05, 0.1) is 26.8 Å². The Balaban J connectivity index is 1.70. The Hall–Kier alpha value is -2.22. The lowest BCUT2D eigenvalue weighted by Crippen LogP contribution is -2.52. The molecule has 6 nitrogen and oxygen atoms in total. The van der Waals surface area contributed by atoms with Gasteiger partial charge in [-0.05, 0) is 42.5 Å². The summed E-state index contributed by atoms with van der Waals surface area (Å²) in [4.78, 5) is 52.7. The van der Waals surface area contributed by atoms with Gasteiger partial charge in [-0.25, -0.2) is 5.01 Å². The minimum Gasteiger partial charge on any atom is -0.291 e. The first-order valence-corrected chi connectivity index (χ1v) is 11.2. The van der Waals surface area contributed by atoms with Crippen molar-refractivity contribution in [1.29, 1.82) is 0 Å². The molecule has 2 heterocycles. The summed E-state index contributed by atoms with van der Waals surface area (Å²) in [6.45, 7) is -0.420. The molecule has 1 aromatic heterocycles. The number of hydrogen-bond acceptors (Lipinski definition) is 5. The highest BCUT2D eigenvalue weighted by molar-refractivity contribution is 7.12. The number of thiophene rings is 1. The van der Waals surface area contributed by atoms with Gasteiger partial charge in [0.2, 0.25) is 0 Å². The van der Waals surface area contributed by atoms with Crippen LogP contribution in [-0.2, 0) is 9.59 Å². The van der Waals surface area contributed by atoms with Gasteiger partial charge in [0.15, 0.2) is 5.78 Å². The summed E-state index contributed by atoms with van der Waals surface area (Å²) in [5.41, 5.74) is 0.138. The van der Waals surface area contributed by atoms with E-state index < -0.39 is 36.1 Å². The number of nitrogens with zero attached hydrogens (tertiary/aromatic N) is 2. The van der Waals surface area contributed by atoms with E-state index in [1.54, 1.807) is 17.5 Å². The molecular weight excluding hydrogens is 447 g/mol. The summed E-state index contributed by atoms with van der Waals surface area (Å²) >= 11 is 13.2. The maximum Gasteiger partial charge on any atom is 0.273 e. The van der Waals surface area contributed by atoms with Crippen molar-refractivity contribution in [3.05, 3.63) is 56.2 Å². The third-order valence-electron chi connectivity index (χ3n) is 5.55. The van der Waals surface area contributed by atoms with Crippen molar-refractivity contribution in [3.63, 3.8) is 0 Å². The van der Waals surface area contributed by atoms with Crippen LogP contribution in [0.2, 0.25) is 10.0 Å². The fourth-order valence-electron chi connectivity index (χ4n) is 4.05. The average molecular weight is 465 g/mol. The SMILES string of the molecule is O=C(CN(C(=O)c1ccc(Cl)c(Cl)c1)N1C(=O)[C@@H]2CCCC[C@H]2C1=O)c1cccs1. The number of Topliss-reactive ketones (excluding diaryl/α,β-unsaturated/α-hetero) is 1. The third-order valence-corrected chi connectivity index (χ3v) is 7.20. The predicted octanol–water partition coefficient (Wildman–Crippen LogP) is 4.47. The summed E-state index contributed by atoms with van der Waals surface area (Å²) in [5.74, 6) is -2.72. The van der Waals surface area contributed by atoms with E-state index in [4.69, 9.17) is 23.2 Å². The van der Waals surface area contributed by atoms with Crippen LogP contribution in [0.1, 0.15) is 45.7 Å². The number of amides is 3. The van der Waals surface area contributed by atoms with E-state index >= 15 is 0 Å². The zero-order valence-corrected chi connectivity index (χ0v) is 18.2. The lowest BCUT2D eigenvalue weighted by molar-refractivity contribution is -0.154. The van der Waals surface area contributed by atoms with Gasteiger partial charge in [-0.1, -0.05) is 42.1 Å². The molecule has 0 spiro atoms. The van der Waals surface area contributed by atoms with Crippen LogP contribution >= 0.6 is 34.5 Å². The van der Waals surface area contributed by atoms with Crippen LogP contribution in [0.4, 0.5) is 0 Å². The molecule has 1 saturated heterocycles. The van der Waals surface area contributed by atoms with Gasteiger partial charge in [-0.3, -0.25) is 19.2 Å². The average Bonchev–Trinajstić information content (AvgIpc) is 3.36. The number of imide groups is 1. The molecule has 1 aliphatic heterocycles. The van der Waals surface area contributed by atoms with Crippen molar-refractivity contribution in [2.24, 2.45) is 11.8 Å². The van der Waals surface area contributed by atoms with Crippen molar-refractivity contribution >= 4 is 58.0 Å². The van der Waals surface area contributed by atoms with Crippen molar-refractivity contribution in [3.8, 4) is 0 Å². The molecule has 2 fully saturated rings. The number of carbonyl (C=O) groups is 4. The number of hydrazine groups is 1. The standard InChI is InChI=1S/C21H18Cl2N2O4S/c22-15-8-7-12(10-16(15)23)19(27)24(11-17(26)18-6-3-9-30-18)25-20(28)13-4-1-2-5-14(13)21(25)29/h3,6-10,13-14H,1-2,4-5,11H2/t13-,14-/m1/s1. The third kappa shape index (κ3) is 3.77. The van der Waals surface area contributed by atoms with Crippen molar-refractivity contribution < 1.29 is 19.2 Å². The zero-order chi connectivity index (χ0) is 21.4. The lowest BCUT2D eigenvalue weighted by Gasteiger charge is -2.30. The summed E-state index contributed by atoms with van der Waals surface area (Å²) in [7, 11) is 0. The normalized spacial score (nSPS) is 20.9. The first-order chi connectivity index (χ1) is 14.4. The van der Waals surface area contributed by atoms with Gasteiger partial charge in [-0.15, -0.1) is 11.3 Å². The summed E-state index contributed by atoms with van der Waals surface area (Å²) in [6, 6.07) is 7.65. The Labute approximate surface area is 187 Å². The second-order valence-corrected chi connectivity index (χ2v) is 9.14. The number of fused-ring (bicyclic) bond motifs is 1. The van der Waals surface area contributed by atoms with Crippen LogP contribution in [-0.4, -0.2) is 40.1 Å². The molecule has 0 bridgehead atoms. The van der Waals surface area contributed by atoms with E-state index in [0.717, 1.165) is 22.9 Å². The van der Waals surface area contributed by atoms with Crippen LogP contribution < -0.4 is 0 Å². The Morgan fingerprint density at radius 1 is 1.03 bits per heavy atom. The maximum absolute atomic E-state index is 13.3. The smallest absolute Gasteiger partial charge is 0.273 e. The molecule has 2 aliphatic rings. The van der Waals surface area contributed by atoms with Crippen molar-refractivity contribution in [2.45, 2.75) is 25.7 Å². The minimum atomic E-state index is -0.654. The topological polar surface area (TPSA) is 74.8 Å². The monoisotopic (exact) mass is 464 g/mol. The highest BCUT2D eigenvalue weighted by atomic mass is 35.5. The highest BCUT2D eigenvalue weighted by Crippen LogP contribution is 2.39. The van der Waals surface area contributed by atoms with E-state index in [9.17, 15) is 19.2 Å². The molecule has 2 atom stereocenters. The molecule has 0 radical (unpaired) electrons. The summed E-state index contributed by atoms with van der Waals surface area (Å²) in [5, 5.41) is 4.04. The molecule has 30 heavy (non-hydrogen) atoms.